The average molecular weight is 467 g/mol. The molecule has 3 rings (SSSR count). The van der Waals surface area contributed by atoms with Crippen LogP contribution < -0.4 is 15.0 Å². The lowest BCUT2D eigenvalue weighted by molar-refractivity contribution is -0.274. The first-order valence-electron chi connectivity index (χ1n) is 11.8. The minimum atomic E-state index is -4.68. The van der Waals surface area contributed by atoms with Gasteiger partial charge in [-0.15, -0.1) is 13.2 Å². The number of nitriles is 1. The number of halogens is 3. The summed E-state index contributed by atoms with van der Waals surface area (Å²) < 4.78 is 41.4. The van der Waals surface area contributed by atoms with Gasteiger partial charge in [-0.1, -0.05) is 6.07 Å². The first-order valence-corrected chi connectivity index (χ1v) is 11.8. The zero-order chi connectivity index (χ0) is 23.7. The van der Waals surface area contributed by atoms with E-state index in [0.29, 0.717) is 25.2 Å². The second kappa shape index (κ2) is 12.1. The maximum Gasteiger partial charge on any atom is 0.573 e. The standard InChI is InChI=1S/C24H33F3N4O2/c25-24(26,27)33-22-5-3-4-21(18-22)31-16-14-30(15-17-31)13-11-19-7-9-20(10-8-19)29-23(32)6-1-2-12-28/h3-5,18-20H,1-2,6-11,13-17H2,(H,29,32). The fraction of sp³-hybridized carbons (Fsp3) is 0.667. The molecule has 0 bridgehead atoms. The molecular formula is C24H33F3N4O2. The number of benzene rings is 1. The average Bonchev–Trinajstić information content (AvgIpc) is 2.78. The number of alkyl halides is 3. The van der Waals surface area contributed by atoms with Crippen LogP contribution in [0.2, 0.25) is 0 Å². The molecule has 1 saturated carbocycles. The van der Waals surface area contributed by atoms with Crippen LogP contribution in [0.25, 0.3) is 0 Å². The molecule has 1 aromatic carbocycles. The van der Waals surface area contributed by atoms with Crippen molar-refractivity contribution in [2.45, 2.75) is 63.8 Å². The number of rotatable bonds is 9. The van der Waals surface area contributed by atoms with E-state index < -0.39 is 6.36 Å². The molecule has 1 amide bonds. The largest absolute Gasteiger partial charge is 0.573 e. The number of hydrogen-bond donors (Lipinski definition) is 1. The van der Waals surface area contributed by atoms with Gasteiger partial charge in [-0.25, -0.2) is 0 Å². The van der Waals surface area contributed by atoms with Crippen LogP contribution in [0, 0.1) is 17.2 Å². The second-order valence-corrected chi connectivity index (χ2v) is 8.96. The maximum atomic E-state index is 12.5. The summed E-state index contributed by atoms with van der Waals surface area (Å²) in [5, 5.41) is 11.7. The third kappa shape index (κ3) is 8.77. The van der Waals surface area contributed by atoms with Gasteiger partial charge in [0.1, 0.15) is 5.75 Å². The van der Waals surface area contributed by atoms with Gasteiger partial charge in [-0.3, -0.25) is 9.69 Å². The van der Waals surface area contributed by atoms with Crippen LogP contribution in [0.4, 0.5) is 18.9 Å². The summed E-state index contributed by atoms with van der Waals surface area (Å²) in [7, 11) is 0. The predicted molar refractivity (Wildman–Crippen MR) is 120 cm³/mol. The van der Waals surface area contributed by atoms with E-state index in [1.54, 1.807) is 6.07 Å². The van der Waals surface area contributed by atoms with E-state index >= 15 is 0 Å². The van der Waals surface area contributed by atoms with Crippen molar-refractivity contribution in [2.24, 2.45) is 5.92 Å². The SMILES string of the molecule is N#CCCCC(=O)NC1CCC(CCN2CCN(c3cccc(OC(F)(F)F)c3)CC2)CC1. The van der Waals surface area contributed by atoms with E-state index in [1.165, 1.54) is 12.1 Å². The zero-order valence-corrected chi connectivity index (χ0v) is 18.9. The summed E-state index contributed by atoms with van der Waals surface area (Å²) in [6.07, 6.45) is 2.20. The molecular weight excluding hydrogens is 433 g/mol. The topological polar surface area (TPSA) is 68.6 Å². The number of amides is 1. The first kappa shape index (κ1) is 25.2. The summed E-state index contributed by atoms with van der Waals surface area (Å²) >= 11 is 0. The molecule has 33 heavy (non-hydrogen) atoms. The Morgan fingerprint density at radius 2 is 1.88 bits per heavy atom. The monoisotopic (exact) mass is 466 g/mol. The Labute approximate surface area is 193 Å². The maximum absolute atomic E-state index is 12.5. The lowest BCUT2D eigenvalue weighted by atomic mass is 9.84. The van der Waals surface area contributed by atoms with Crippen LogP contribution in [0.3, 0.4) is 0 Å². The quantitative estimate of drug-likeness (QED) is 0.544. The van der Waals surface area contributed by atoms with Crippen molar-refractivity contribution in [3.63, 3.8) is 0 Å². The van der Waals surface area contributed by atoms with Crippen molar-refractivity contribution in [3.05, 3.63) is 24.3 Å². The van der Waals surface area contributed by atoms with Gasteiger partial charge >= 0.3 is 6.36 Å². The Bertz CT molecular complexity index is 796. The smallest absolute Gasteiger partial charge is 0.406 e. The van der Waals surface area contributed by atoms with Crippen molar-refractivity contribution < 1.29 is 22.7 Å². The Balaban J connectivity index is 1.33. The van der Waals surface area contributed by atoms with Crippen molar-refractivity contribution >= 4 is 11.6 Å². The van der Waals surface area contributed by atoms with Crippen molar-refractivity contribution in [3.8, 4) is 11.8 Å². The lowest BCUT2D eigenvalue weighted by Gasteiger charge is -2.37. The molecule has 1 aliphatic heterocycles. The Kier molecular flexibility index (Phi) is 9.24. The molecule has 1 N–H and O–H groups in total. The number of carbonyl (C=O) groups is 1. The number of carbonyl (C=O) groups excluding carboxylic acids is 1. The third-order valence-electron chi connectivity index (χ3n) is 6.55. The van der Waals surface area contributed by atoms with Crippen LogP contribution in [0.15, 0.2) is 24.3 Å². The predicted octanol–water partition coefficient (Wildman–Crippen LogP) is 4.47. The highest BCUT2D eigenvalue weighted by Gasteiger charge is 2.31. The number of hydrogen-bond acceptors (Lipinski definition) is 5. The minimum absolute atomic E-state index is 0.0575. The second-order valence-electron chi connectivity index (χ2n) is 8.96. The molecule has 2 fully saturated rings. The number of nitrogens with zero attached hydrogens (tertiary/aromatic N) is 3. The molecule has 0 atom stereocenters. The molecule has 1 aromatic rings. The highest BCUT2D eigenvalue weighted by Crippen LogP contribution is 2.29. The van der Waals surface area contributed by atoms with Gasteiger partial charge < -0.3 is 15.0 Å². The minimum Gasteiger partial charge on any atom is -0.406 e. The fourth-order valence-corrected chi connectivity index (χ4v) is 4.70. The molecule has 1 aliphatic carbocycles. The van der Waals surface area contributed by atoms with Gasteiger partial charge in [0.25, 0.3) is 0 Å². The molecule has 6 nitrogen and oxygen atoms in total. The van der Waals surface area contributed by atoms with Gasteiger partial charge in [0.2, 0.25) is 5.91 Å². The van der Waals surface area contributed by atoms with Gasteiger partial charge in [-0.05, 0) is 63.1 Å². The van der Waals surface area contributed by atoms with E-state index in [9.17, 15) is 18.0 Å². The Morgan fingerprint density at radius 1 is 1.15 bits per heavy atom. The molecule has 1 saturated heterocycles. The van der Waals surface area contributed by atoms with Gasteiger partial charge in [-0.2, -0.15) is 5.26 Å². The molecule has 2 aliphatic rings. The van der Waals surface area contributed by atoms with E-state index in [-0.39, 0.29) is 17.7 Å². The lowest BCUT2D eigenvalue weighted by Crippen LogP contribution is -2.47. The Hall–Kier alpha value is -2.47. The molecule has 0 radical (unpaired) electrons. The number of ether oxygens (including phenoxy) is 1. The number of anilines is 1. The summed E-state index contributed by atoms with van der Waals surface area (Å²) in [4.78, 5) is 16.4. The normalized spacial score (nSPS) is 21.9. The van der Waals surface area contributed by atoms with E-state index in [0.717, 1.165) is 70.5 Å². The van der Waals surface area contributed by atoms with Crippen LogP contribution in [0.5, 0.6) is 5.75 Å². The first-order chi connectivity index (χ1) is 15.8. The van der Waals surface area contributed by atoms with Crippen LogP contribution >= 0.6 is 0 Å². The van der Waals surface area contributed by atoms with Crippen LogP contribution in [0.1, 0.15) is 51.4 Å². The zero-order valence-electron chi connectivity index (χ0n) is 18.9. The van der Waals surface area contributed by atoms with Crippen molar-refractivity contribution in [1.82, 2.24) is 10.2 Å². The van der Waals surface area contributed by atoms with E-state index in [4.69, 9.17) is 5.26 Å². The van der Waals surface area contributed by atoms with Crippen molar-refractivity contribution in [2.75, 3.05) is 37.6 Å². The molecule has 9 heteroatoms. The van der Waals surface area contributed by atoms with Gasteiger partial charge in [0.15, 0.2) is 0 Å². The highest BCUT2D eigenvalue weighted by molar-refractivity contribution is 5.76. The number of unbranched alkanes of at least 4 members (excludes halogenated alkanes) is 1. The fourth-order valence-electron chi connectivity index (χ4n) is 4.70. The van der Waals surface area contributed by atoms with Gasteiger partial charge in [0, 0.05) is 56.8 Å². The third-order valence-corrected chi connectivity index (χ3v) is 6.55. The Morgan fingerprint density at radius 3 is 2.55 bits per heavy atom. The summed E-state index contributed by atoms with van der Waals surface area (Å²) in [6, 6.07) is 8.51. The molecule has 0 aromatic heterocycles. The highest BCUT2D eigenvalue weighted by atomic mass is 19.4. The summed E-state index contributed by atoms with van der Waals surface area (Å²) in [5.74, 6) is 0.546. The molecule has 0 spiro atoms. The van der Waals surface area contributed by atoms with Crippen LogP contribution in [-0.4, -0.2) is 55.9 Å². The van der Waals surface area contributed by atoms with E-state index in [1.807, 2.05) is 6.07 Å². The molecule has 182 valence electrons. The number of piperazine rings is 1. The van der Waals surface area contributed by atoms with Crippen LogP contribution in [-0.2, 0) is 4.79 Å². The molecule has 1 heterocycles. The summed E-state index contributed by atoms with van der Waals surface area (Å²) in [5.41, 5.74) is 0.754. The summed E-state index contributed by atoms with van der Waals surface area (Å²) in [6.45, 7) is 4.36. The van der Waals surface area contributed by atoms with Gasteiger partial charge in [0.05, 0.1) is 6.07 Å². The van der Waals surface area contributed by atoms with E-state index in [2.05, 4.69) is 25.9 Å². The van der Waals surface area contributed by atoms with Crippen molar-refractivity contribution in [1.29, 1.82) is 5.26 Å². The number of nitrogens with one attached hydrogen (secondary N) is 1. The molecule has 0 unspecified atom stereocenters.